The first-order valence-corrected chi connectivity index (χ1v) is 6.43. The lowest BCUT2D eigenvalue weighted by molar-refractivity contribution is -0.383. The quantitative estimate of drug-likeness (QED) is 0.618. The van der Waals surface area contributed by atoms with Crippen LogP contribution in [0.2, 0.25) is 0 Å². The van der Waals surface area contributed by atoms with Gasteiger partial charge in [-0.2, -0.15) is 11.8 Å². The van der Waals surface area contributed by atoms with Crippen molar-refractivity contribution in [3.63, 3.8) is 0 Å². The molecular formula is C9H13N5O2S. The van der Waals surface area contributed by atoms with Crippen LogP contribution < -0.4 is 11.1 Å². The van der Waals surface area contributed by atoms with E-state index in [2.05, 4.69) is 15.3 Å². The van der Waals surface area contributed by atoms with Crippen molar-refractivity contribution in [1.82, 2.24) is 9.97 Å². The van der Waals surface area contributed by atoms with Crippen molar-refractivity contribution in [1.29, 1.82) is 0 Å². The van der Waals surface area contributed by atoms with Gasteiger partial charge in [0, 0.05) is 6.04 Å². The molecule has 1 aliphatic rings. The van der Waals surface area contributed by atoms with E-state index in [0.717, 1.165) is 24.3 Å². The van der Waals surface area contributed by atoms with E-state index in [-0.39, 0.29) is 23.4 Å². The number of hydrogen-bond acceptors (Lipinski definition) is 7. The molecule has 0 saturated carbocycles. The van der Waals surface area contributed by atoms with Gasteiger partial charge in [-0.1, -0.05) is 0 Å². The first-order chi connectivity index (χ1) is 8.18. The Hall–Kier alpha value is -1.57. The number of anilines is 2. The lowest BCUT2D eigenvalue weighted by atomic mass is 10.1. The molecular weight excluding hydrogens is 242 g/mol. The summed E-state index contributed by atoms with van der Waals surface area (Å²) in [5, 5.41) is 14.0. The molecule has 0 atom stereocenters. The van der Waals surface area contributed by atoms with Crippen LogP contribution in [-0.2, 0) is 0 Å². The maximum atomic E-state index is 10.9. The van der Waals surface area contributed by atoms with E-state index in [4.69, 9.17) is 5.73 Å². The minimum Gasteiger partial charge on any atom is -0.378 e. The lowest BCUT2D eigenvalue weighted by Crippen LogP contribution is -2.25. The van der Waals surface area contributed by atoms with Crippen molar-refractivity contribution < 1.29 is 4.92 Å². The molecule has 0 unspecified atom stereocenters. The van der Waals surface area contributed by atoms with Gasteiger partial charge in [-0.05, 0) is 24.3 Å². The molecule has 7 nitrogen and oxygen atoms in total. The van der Waals surface area contributed by atoms with Crippen molar-refractivity contribution >= 4 is 29.1 Å². The van der Waals surface area contributed by atoms with Crippen LogP contribution >= 0.6 is 11.8 Å². The summed E-state index contributed by atoms with van der Waals surface area (Å²) >= 11 is 1.89. The third-order valence-corrected chi connectivity index (χ3v) is 3.64. The highest BCUT2D eigenvalue weighted by Crippen LogP contribution is 2.29. The summed E-state index contributed by atoms with van der Waals surface area (Å²) in [7, 11) is 0. The molecule has 0 aliphatic carbocycles. The highest BCUT2D eigenvalue weighted by molar-refractivity contribution is 7.99. The van der Waals surface area contributed by atoms with Gasteiger partial charge in [0.15, 0.2) is 0 Å². The highest BCUT2D eigenvalue weighted by Gasteiger charge is 2.23. The molecule has 92 valence electrons. The zero-order valence-electron chi connectivity index (χ0n) is 9.13. The van der Waals surface area contributed by atoms with Crippen LogP contribution in [0.1, 0.15) is 12.8 Å². The standard InChI is InChI=1S/C9H13N5O2S/c10-8-7(14(15)16)9(12-5-11-8)13-6-1-3-17-4-2-6/h5-6H,1-4H2,(H3,10,11,12,13). The zero-order chi connectivity index (χ0) is 12.3. The van der Waals surface area contributed by atoms with E-state index >= 15 is 0 Å². The van der Waals surface area contributed by atoms with Gasteiger partial charge < -0.3 is 11.1 Å². The first kappa shape index (κ1) is 11.9. The number of thioether (sulfide) groups is 1. The van der Waals surface area contributed by atoms with Gasteiger partial charge >= 0.3 is 5.69 Å². The maximum absolute atomic E-state index is 10.9. The average Bonchev–Trinajstić information content (AvgIpc) is 2.30. The summed E-state index contributed by atoms with van der Waals surface area (Å²) in [6.07, 6.45) is 3.19. The van der Waals surface area contributed by atoms with Crippen LogP contribution in [0.25, 0.3) is 0 Å². The third-order valence-electron chi connectivity index (χ3n) is 2.60. The van der Waals surface area contributed by atoms with E-state index < -0.39 is 4.92 Å². The van der Waals surface area contributed by atoms with E-state index in [9.17, 15) is 10.1 Å². The number of nitrogens with zero attached hydrogens (tertiary/aromatic N) is 3. The van der Waals surface area contributed by atoms with Crippen molar-refractivity contribution in [2.24, 2.45) is 0 Å². The van der Waals surface area contributed by atoms with Crippen molar-refractivity contribution in [2.75, 3.05) is 22.6 Å². The molecule has 0 spiro atoms. The Morgan fingerprint density at radius 1 is 1.47 bits per heavy atom. The van der Waals surface area contributed by atoms with Crippen LogP contribution in [0.15, 0.2) is 6.33 Å². The molecule has 2 heterocycles. The van der Waals surface area contributed by atoms with Gasteiger partial charge in [0.1, 0.15) is 6.33 Å². The summed E-state index contributed by atoms with van der Waals surface area (Å²) in [5.41, 5.74) is 5.26. The largest absolute Gasteiger partial charge is 0.378 e. The second kappa shape index (κ2) is 5.17. The summed E-state index contributed by atoms with van der Waals surface area (Å²) in [6.45, 7) is 0. The molecule has 0 radical (unpaired) electrons. The molecule has 0 bridgehead atoms. The molecule has 1 saturated heterocycles. The molecule has 0 aromatic carbocycles. The Morgan fingerprint density at radius 3 is 2.82 bits per heavy atom. The molecule has 3 N–H and O–H groups in total. The van der Waals surface area contributed by atoms with Crippen molar-refractivity contribution in [3.8, 4) is 0 Å². The molecule has 1 aliphatic heterocycles. The normalized spacial score (nSPS) is 16.7. The molecule has 8 heteroatoms. The second-order valence-electron chi connectivity index (χ2n) is 3.74. The fourth-order valence-electron chi connectivity index (χ4n) is 1.71. The summed E-state index contributed by atoms with van der Waals surface area (Å²) in [6, 6.07) is 0.226. The van der Waals surface area contributed by atoms with Crippen LogP contribution in [0.3, 0.4) is 0 Å². The first-order valence-electron chi connectivity index (χ1n) is 5.27. The minimum atomic E-state index is -0.546. The SMILES string of the molecule is Nc1ncnc(NC2CCSCC2)c1[N+](=O)[O-]. The Labute approximate surface area is 102 Å². The number of nitro groups is 1. The van der Waals surface area contributed by atoms with E-state index in [1.807, 2.05) is 11.8 Å². The molecule has 0 amide bonds. The van der Waals surface area contributed by atoms with E-state index in [1.165, 1.54) is 6.33 Å². The minimum absolute atomic E-state index is 0.0994. The van der Waals surface area contributed by atoms with E-state index in [1.54, 1.807) is 0 Å². The predicted octanol–water partition coefficient (Wildman–Crippen LogP) is 1.27. The van der Waals surface area contributed by atoms with Gasteiger partial charge in [0.05, 0.1) is 4.92 Å². The summed E-state index contributed by atoms with van der Waals surface area (Å²) in [5.74, 6) is 2.25. The van der Waals surface area contributed by atoms with Crippen LogP contribution in [-0.4, -0.2) is 32.4 Å². The predicted molar refractivity (Wildman–Crippen MR) is 67.1 cm³/mol. The van der Waals surface area contributed by atoms with Crippen LogP contribution in [0.5, 0.6) is 0 Å². The number of nitrogen functional groups attached to an aromatic ring is 1. The van der Waals surface area contributed by atoms with Gasteiger partial charge in [-0.25, -0.2) is 9.97 Å². The second-order valence-corrected chi connectivity index (χ2v) is 4.97. The summed E-state index contributed by atoms with van der Waals surface area (Å²) < 4.78 is 0. The van der Waals surface area contributed by atoms with Crippen molar-refractivity contribution in [2.45, 2.75) is 18.9 Å². The molecule has 1 aromatic rings. The van der Waals surface area contributed by atoms with Crippen LogP contribution in [0.4, 0.5) is 17.3 Å². The topological polar surface area (TPSA) is 107 Å². The maximum Gasteiger partial charge on any atom is 0.352 e. The Balaban J connectivity index is 2.19. The van der Waals surface area contributed by atoms with Gasteiger partial charge in [0.2, 0.25) is 11.6 Å². The fraction of sp³-hybridized carbons (Fsp3) is 0.556. The smallest absolute Gasteiger partial charge is 0.352 e. The van der Waals surface area contributed by atoms with Gasteiger partial charge in [0.25, 0.3) is 0 Å². The average molecular weight is 255 g/mol. The monoisotopic (exact) mass is 255 g/mol. The lowest BCUT2D eigenvalue weighted by Gasteiger charge is -2.22. The summed E-state index contributed by atoms with van der Waals surface area (Å²) in [4.78, 5) is 17.9. The number of nitrogens with one attached hydrogen (secondary N) is 1. The van der Waals surface area contributed by atoms with Gasteiger partial charge in [-0.3, -0.25) is 10.1 Å². The van der Waals surface area contributed by atoms with E-state index in [0.29, 0.717) is 0 Å². The molecule has 17 heavy (non-hydrogen) atoms. The Morgan fingerprint density at radius 2 is 2.18 bits per heavy atom. The Bertz CT molecular complexity index is 422. The van der Waals surface area contributed by atoms with Crippen LogP contribution in [0, 0.1) is 10.1 Å². The number of aromatic nitrogens is 2. The molecule has 1 aromatic heterocycles. The molecule has 2 rings (SSSR count). The fourth-order valence-corrected chi connectivity index (χ4v) is 2.82. The van der Waals surface area contributed by atoms with Gasteiger partial charge in [-0.15, -0.1) is 0 Å². The number of hydrogen-bond donors (Lipinski definition) is 2. The number of rotatable bonds is 3. The zero-order valence-corrected chi connectivity index (χ0v) is 9.94. The third kappa shape index (κ3) is 2.76. The number of nitrogens with two attached hydrogens (primary N) is 1. The Kier molecular flexibility index (Phi) is 3.62. The van der Waals surface area contributed by atoms with Crippen molar-refractivity contribution in [3.05, 3.63) is 16.4 Å². The highest BCUT2D eigenvalue weighted by atomic mass is 32.2. The molecule has 1 fully saturated rings.